The van der Waals surface area contributed by atoms with Gasteiger partial charge in [0.2, 0.25) is 0 Å². The topological polar surface area (TPSA) is 69.6 Å². The highest BCUT2D eigenvalue weighted by Crippen LogP contribution is 2.38. The minimum atomic E-state index is -0.354. The van der Waals surface area contributed by atoms with Crippen LogP contribution in [-0.2, 0) is 6.42 Å². The van der Waals surface area contributed by atoms with E-state index >= 15 is 0 Å². The molecule has 7 nitrogen and oxygen atoms in total. The number of amides is 1. The maximum Gasteiger partial charge on any atom is 0.261 e. The fraction of sp³-hybridized carbons (Fsp3) is 0.371. The van der Waals surface area contributed by atoms with Crippen LogP contribution in [-0.4, -0.2) is 54.6 Å². The molecule has 2 aromatic carbocycles. The number of thioether (sulfide) groups is 1. The summed E-state index contributed by atoms with van der Waals surface area (Å²) in [4.78, 5) is 33.3. The quantitative estimate of drug-likeness (QED) is 0.313. The number of carbonyl (C=O) groups excluding carboxylic acids is 1. The second-order valence-electron chi connectivity index (χ2n) is 12.4. The normalized spacial score (nSPS) is 20.7. The van der Waals surface area contributed by atoms with Crippen molar-refractivity contribution in [3.8, 4) is 5.69 Å². The number of anilines is 1. The van der Waals surface area contributed by atoms with Gasteiger partial charge in [-0.1, -0.05) is 42.3 Å². The molecule has 0 saturated carbocycles. The summed E-state index contributed by atoms with van der Waals surface area (Å²) >= 11 is 7.69. The number of allylic oxidation sites excluding steroid dienone is 1. The van der Waals surface area contributed by atoms with Gasteiger partial charge in [0, 0.05) is 55.7 Å². The van der Waals surface area contributed by atoms with Gasteiger partial charge >= 0.3 is 0 Å². The molecule has 3 aromatic rings. The predicted molar refractivity (Wildman–Crippen MR) is 184 cm³/mol. The number of hydrogen-bond donors (Lipinski definition) is 2. The average Bonchev–Trinajstić information content (AvgIpc) is 3.62. The van der Waals surface area contributed by atoms with E-state index < -0.39 is 0 Å². The van der Waals surface area contributed by atoms with E-state index in [1.54, 1.807) is 16.3 Å². The number of halogens is 1. The molecule has 1 aromatic heterocycles. The van der Waals surface area contributed by atoms with Gasteiger partial charge in [-0.05, 0) is 86.1 Å². The molecule has 4 heterocycles. The van der Waals surface area contributed by atoms with E-state index in [-0.39, 0.29) is 16.8 Å². The van der Waals surface area contributed by atoms with Crippen molar-refractivity contribution in [2.45, 2.75) is 57.5 Å². The molecule has 9 heteroatoms. The van der Waals surface area contributed by atoms with Crippen molar-refractivity contribution in [1.29, 1.82) is 0 Å². The molecule has 44 heavy (non-hydrogen) atoms. The van der Waals surface area contributed by atoms with Crippen molar-refractivity contribution in [3.05, 3.63) is 103 Å². The lowest BCUT2D eigenvalue weighted by molar-refractivity contribution is 0.0696. The van der Waals surface area contributed by atoms with Gasteiger partial charge in [-0.25, -0.2) is 0 Å². The van der Waals surface area contributed by atoms with Crippen molar-refractivity contribution in [2.75, 3.05) is 32.1 Å². The second kappa shape index (κ2) is 12.5. The summed E-state index contributed by atoms with van der Waals surface area (Å²) in [7, 11) is 4.00. The third-order valence-corrected chi connectivity index (χ3v) is 9.95. The van der Waals surface area contributed by atoms with Crippen molar-refractivity contribution in [1.82, 2.24) is 20.1 Å². The van der Waals surface area contributed by atoms with Crippen LogP contribution in [0.15, 0.2) is 64.3 Å². The Morgan fingerprint density at radius 2 is 1.77 bits per heavy atom. The first-order valence-corrected chi connectivity index (χ1v) is 16.6. The Balaban J connectivity index is 1.54. The van der Waals surface area contributed by atoms with Crippen LogP contribution in [0.1, 0.15) is 71.7 Å². The molecule has 230 valence electrons. The summed E-state index contributed by atoms with van der Waals surface area (Å²) in [5.41, 5.74) is 7.39. The van der Waals surface area contributed by atoms with Crippen LogP contribution in [0.5, 0.6) is 0 Å². The molecule has 2 fully saturated rings. The van der Waals surface area contributed by atoms with E-state index in [1.807, 2.05) is 79.6 Å². The molecule has 0 spiro atoms. The van der Waals surface area contributed by atoms with Crippen molar-refractivity contribution in [3.63, 3.8) is 0 Å². The molecule has 6 rings (SSSR count). The number of nitrogens with zero attached hydrogens (tertiary/aromatic N) is 3. The molecule has 3 aliphatic heterocycles. The van der Waals surface area contributed by atoms with E-state index in [2.05, 4.69) is 35.8 Å². The number of carbonyl (C=O) groups is 1. The molecule has 2 bridgehead atoms. The molecule has 3 atom stereocenters. The Bertz CT molecular complexity index is 1700. The van der Waals surface area contributed by atoms with Crippen LogP contribution in [0.2, 0.25) is 5.02 Å². The molecule has 0 radical (unpaired) electrons. The number of aromatic nitrogens is 1. The largest absolute Gasteiger partial charge is 0.378 e. The number of benzene rings is 2. The molecular formula is C35H40ClN5O2S. The minimum Gasteiger partial charge on any atom is -0.378 e. The van der Waals surface area contributed by atoms with Crippen molar-refractivity contribution >= 4 is 46.7 Å². The summed E-state index contributed by atoms with van der Waals surface area (Å²) in [5, 5.41) is 9.56. The van der Waals surface area contributed by atoms with E-state index in [0.29, 0.717) is 47.0 Å². The molecular weight excluding hydrogens is 590 g/mol. The van der Waals surface area contributed by atoms with Crippen molar-refractivity contribution in [2.24, 2.45) is 0 Å². The smallest absolute Gasteiger partial charge is 0.261 e. The van der Waals surface area contributed by atoms with E-state index in [4.69, 9.17) is 11.6 Å². The Morgan fingerprint density at radius 1 is 1.07 bits per heavy atom. The van der Waals surface area contributed by atoms with Gasteiger partial charge in [-0.15, -0.1) is 11.8 Å². The Morgan fingerprint density at radius 3 is 2.41 bits per heavy atom. The molecule has 1 amide bonds. The molecule has 0 aliphatic carbocycles. The number of nitrogens with one attached hydrogen (secondary N) is 2. The van der Waals surface area contributed by atoms with Gasteiger partial charge in [0.25, 0.3) is 11.5 Å². The van der Waals surface area contributed by atoms with Crippen LogP contribution in [0.3, 0.4) is 0 Å². The number of hydrogen-bond acceptors (Lipinski definition) is 6. The van der Waals surface area contributed by atoms with Crippen molar-refractivity contribution < 1.29 is 4.79 Å². The summed E-state index contributed by atoms with van der Waals surface area (Å²) in [6, 6.07) is 16.4. The lowest BCUT2D eigenvalue weighted by atomic mass is 10.0. The van der Waals surface area contributed by atoms with Gasteiger partial charge in [-0.3, -0.25) is 14.2 Å². The van der Waals surface area contributed by atoms with Gasteiger partial charge in [0.05, 0.1) is 22.5 Å². The van der Waals surface area contributed by atoms with Crippen LogP contribution in [0, 0.1) is 0 Å². The summed E-state index contributed by atoms with van der Waals surface area (Å²) in [5.74, 6) is -0.0263. The zero-order chi connectivity index (χ0) is 31.1. The average molecular weight is 630 g/mol. The fourth-order valence-corrected chi connectivity index (χ4v) is 7.52. The van der Waals surface area contributed by atoms with Gasteiger partial charge in [0.1, 0.15) is 5.37 Å². The maximum atomic E-state index is 14.8. The van der Waals surface area contributed by atoms with E-state index in [0.717, 1.165) is 53.0 Å². The predicted octanol–water partition coefficient (Wildman–Crippen LogP) is 6.45. The van der Waals surface area contributed by atoms with Crippen LogP contribution < -0.4 is 21.1 Å². The van der Waals surface area contributed by atoms with Gasteiger partial charge < -0.3 is 20.4 Å². The summed E-state index contributed by atoms with van der Waals surface area (Å²) < 4.78 is 1.79. The van der Waals surface area contributed by atoms with E-state index in [9.17, 15) is 9.59 Å². The lowest BCUT2D eigenvalue weighted by Crippen LogP contribution is -2.53. The summed E-state index contributed by atoms with van der Waals surface area (Å²) in [6.07, 6.45) is 4.90. The monoisotopic (exact) mass is 629 g/mol. The van der Waals surface area contributed by atoms with Crippen LogP contribution >= 0.6 is 23.4 Å². The summed E-state index contributed by atoms with van der Waals surface area (Å²) in [6.45, 7) is 7.47. The van der Waals surface area contributed by atoms with Crippen LogP contribution in [0.4, 0.5) is 5.69 Å². The van der Waals surface area contributed by atoms with Gasteiger partial charge in [-0.2, -0.15) is 0 Å². The highest BCUT2D eigenvalue weighted by molar-refractivity contribution is 8.02. The lowest BCUT2D eigenvalue weighted by Gasteiger charge is -2.34. The number of rotatable bonds is 7. The zero-order valence-electron chi connectivity index (χ0n) is 26.0. The number of fused-ring (bicyclic) bond motifs is 2. The maximum absolute atomic E-state index is 14.8. The standard InChI is InChI=1S/C35H40ClN5O2S/c1-6-22-9-14-27(39(4)5)16-31(22)41-32(15-21(2)3)28(34(42)40-18-25-12-13-26(19-40)37-25)17-29(35(41)43)33-38-30(20-44-33)23-7-10-24(36)11-8-23/h7-11,14-17,20,25-26,33,37-38H,6,12-13,18-19H2,1-5H3. The molecule has 3 aliphatic rings. The second-order valence-corrected chi connectivity index (χ2v) is 13.8. The number of pyridine rings is 1. The third kappa shape index (κ3) is 5.95. The highest BCUT2D eigenvalue weighted by Gasteiger charge is 2.36. The molecule has 2 N–H and O–H groups in total. The zero-order valence-corrected chi connectivity index (χ0v) is 27.6. The minimum absolute atomic E-state index is 0.0263. The SMILES string of the molecule is CCc1ccc(N(C)C)cc1-n1c(C=C(C)C)c(C(=O)N2CC3CCC(C2)N3)cc(C2NC(c3ccc(Cl)cc3)=CS2)c1=O. The molecule has 2 saturated heterocycles. The molecule has 3 unspecified atom stereocenters. The Kier molecular flexibility index (Phi) is 8.68. The van der Waals surface area contributed by atoms with E-state index in [1.165, 1.54) is 0 Å². The number of piperazine rings is 1. The fourth-order valence-electron chi connectivity index (χ4n) is 6.41. The Labute approximate surface area is 269 Å². The highest BCUT2D eigenvalue weighted by atomic mass is 35.5. The number of aryl methyl sites for hydroxylation is 1. The third-order valence-electron chi connectivity index (χ3n) is 8.68. The first-order valence-electron chi connectivity index (χ1n) is 15.3. The van der Waals surface area contributed by atoms with Crippen LogP contribution in [0.25, 0.3) is 17.5 Å². The number of likely N-dealkylation sites (tertiary alicyclic amines) is 1. The Hall–Kier alpha value is -3.46. The first-order chi connectivity index (χ1) is 21.1. The van der Waals surface area contributed by atoms with Gasteiger partial charge in [0.15, 0.2) is 0 Å². The first kappa shape index (κ1) is 30.6.